The number of nitrogen functional groups attached to an aromatic ring is 1. The second kappa shape index (κ2) is 7.59. The highest BCUT2D eigenvalue weighted by molar-refractivity contribution is 9.10. The molecule has 0 aliphatic heterocycles. The van der Waals surface area contributed by atoms with Crippen LogP contribution in [0.1, 0.15) is 20.3 Å². The van der Waals surface area contributed by atoms with Crippen LogP contribution in [0.5, 0.6) is 5.75 Å². The summed E-state index contributed by atoms with van der Waals surface area (Å²) in [6.45, 7) is 5.84. The van der Waals surface area contributed by atoms with E-state index in [4.69, 9.17) is 15.2 Å². The van der Waals surface area contributed by atoms with Crippen molar-refractivity contribution in [3.63, 3.8) is 0 Å². The summed E-state index contributed by atoms with van der Waals surface area (Å²) >= 11 is 3.06. The third-order valence-electron chi connectivity index (χ3n) is 2.38. The molecule has 0 aliphatic carbocycles. The molecule has 0 saturated heterocycles. The molecule has 0 fully saturated rings. The minimum Gasteiger partial charge on any atom is -0.489 e. The van der Waals surface area contributed by atoms with Crippen molar-refractivity contribution in [3.05, 3.63) is 22.4 Å². The molecule has 0 amide bonds. The van der Waals surface area contributed by atoms with E-state index in [0.29, 0.717) is 41.6 Å². The van der Waals surface area contributed by atoms with Gasteiger partial charge in [0.25, 0.3) is 0 Å². The molecular weight excluding hydrogens is 301 g/mol. The van der Waals surface area contributed by atoms with Gasteiger partial charge in [0, 0.05) is 12.7 Å². The molecule has 0 aromatic heterocycles. The Kier molecular flexibility index (Phi) is 6.43. The van der Waals surface area contributed by atoms with Gasteiger partial charge in [0.1, 0.15) is 18.2 Å². The lowest BCUT2D eigenvalue weighted by molar-refractivity contribution is 0.0927. The number of nitrogens with two attached hydrogens (primary N) is 1. The zero-order valence-corrected chi connectivity index (χ0v) is 12.3. The van der Waals surface area contributed by atoms with Crippen molar-refractivity contribution < 1.29 is 13.9 Å². The number of hydrogen-bond acceptors (Lipinski definition) is 3. The average Bonchev–Trinajstić information content (AvgIpc) is 2.29. The lowest BCUT2D eigenvalue weighted by Crippen LogP contribution is -2.09. The molecule has 1 rings (SSSR count). The highest BCUT2D eigenvalue weighted by atomic mass is 79.9. The highest BCUT2D eigenvalue weighted by Crippen LogP contribution is 2.28. The fraction of sp³-hybridized carbons (Fsp3) is 0.538. The van der Waals surface area contributed by atoms with Gasteiger partial charge in [-0.15, -0.1) is 0 Å². The van der Waals surface area contributed by atoms with Crippen LogP contribution in [0.15, 0.2) is 16.6 Å². The van der Waals surface area contributed by atoms with Crippen LogP contribution in [-0.4, -0.2) is 19.8 Å². The SMILES string of the molecule is CC(C)CCOCCOc1cc(F)c(Br)cc1N. The number of benzene rings is 1. The second-order valence-corrected chi connectivity index (χ2v) is 5.30. The van der Waals surface area contributed by atoms with E-state index in [-0.39, 0.29) is 5.82 Å². The van der Waals surface area contributed by atoms with Crippen molar-refractivity contribution in [2.75, 3.05) is 25.6 Å². The maximum Gasteiger partial charge on any atom is 0.145 e. The summed E-state index contributed by atoms with van der Waals surface area (Å²) in [4.78, 5) is 0. The second-order valence-electron chi connectivity index (χ2n) is 4.45. The molecular formula is C13H19BrFNO2. The highest BCUT2D eigenvalue weighted by Gasteiger charge is 2.06. The van der Waals surface area contributed by atoms with E-state index in [9.17, 15) is 4.39 Å². The van der Waals surface area contributed by atoms with Gasteiger partial charge < -0.3 is 15.2 Å². The van der Waals surface area contributed by atoms with Gasteiger partial charge in [-0.2, -0.15) is 0 Å². The Labute approximate surface area is 116 Å². The van der Waals surface area contributed by atoms with Crippen LogP contribution in [0.25, 0.3) is 0 Å². The fourth-order valence-electron chi connectivity index (χ4n) is 1.30. The summed E-state index contributed by atoms with van der Waals surface area (Å²) in [5.41, 5.74) is 6.12. The van der Waals surface area contributed by atoms with Crippen LogP contribution in [-0.2, 0) is 4.74 Å². The van der Waals surface area contributed by atoms with Gasteiger partial charge in [0.05, 0.1) is 16.8 Å². The Bertz CT molecular complexity index is 385. The molecule has 1 aromatic rings. The van der Waals surface area contributed by atoms with E-state index in [1.165, 1.54) is 12.1 Å². The zero-order chi connectivity index (χ0) is 13.5. The summed E-state index contributed by atoms with van der Waals surface area (Å²) in [5.74, 6) is 0.588. The normalized spacial score (nSPS) is 10.9. The molecule has 0 saturated carbocycles. The summed E-state index contributed by atoms with van der Waals surface area (Å²) in [7, 11) is 0. The van der Waals surface area contributed by atoms with E-state index in [1.807, 2.05) is 0 Å². The Balaban J connectivity index is 2.29. The summed E-state index contributed by atoms with van der Waals surface area (Å²) in [6, 6.07) is 2.76. The van der Waals surface area contributed by atoms with Gasteiger partial charge in [-0.1, -0.05) is 13.8 Å². The first-order valence-corrected chi connectivity index (χ1v) is 6.75. The zero-order valence-electron chi connectivity index (χ0n) is 10.7. The predicted octanol–water partition coefficient (Wildman–Crippen LogP) is 3.61. The Hall–Kier alpha value is -0.810. The van der Waals surface area contributed by atoms with Crippen LogP contribution in [0.3, 0.4) is 0 Å². The molecule has 0 radical (unpaired) electrons. The summed E-state index contributed by atoms with van der Waals surface area (Å²) < 4.78 is 24.4. The van der Waals surface area contributed by atoms with Crippen LogP contribution in [0.4, 0.5) is 10.1 Å². The molecule has 18 heavy (non-hydrogen) atoms. The standard InChI is InChI=1S/C13H19BrFNO2/c1-9(2)3-4-17-5-6-18-13-8-11(15)10(14)7-12(13)16/h7-9H,3-6,16H2,1-2H3. The largest absolute Gasteiger partial charge is 0.489 e. The van der Waals surface area contributed by atoms with Crippen molar-refractivity contribution >= 4 is 21.6 Å². The van der Waals surface area contributed by atoms with Crippen LogP contribution < -0.4 is 10.5 Å². The van der Waals surface area contributed by atoms with Crippen molar-refractivity contribution in [2.24, 2.45) is 5.92 Å². The third kappa shape index (κ3) is 5.23. The topological polar surface area (TPSA) is 44.5 Å². The van der Waals surface area contributed by atoms with Gasteiger partial charge in [-0.3, -0.25) is 0 Å². The minimum absolute atomic E-state index is 0.334. The van der Waals surface area contributed by atoms with E-state index >= 15 is 0 Å². The number of anilines is 1. The summed E-state index contributed by atoms with van der Waals surface area (Å²) in [6.07, 6.45) is 1.02. The van der Waals surface area contributed by atoms with E-state index in [1.54, 1.807) is 0 Å². The molecule has 0 unspecified atom stereocenters. The first kappa shape index (κ1) is 15.2. The molecule has 3 nitrogen and oxygen atoms in total. The molecule has 0 aliphatic rings. The van der Waals surface area contributed by atoms with Crippen molar-refractivity contribution in [3.8, 4) is 5.75 Å². The van der Waals surface area contributed by atoms with E-state index in [2.05, 4.69) is 29.8 Å². The molecule has 2 N–H and O–H groups in total. The Morgan fingerprint density at radius 3 is 2.67 bits per heavy atom. The Morgan fingerprint density at radius 1 is 1.28 bits per heavy atom. The van der Waals surface area contributed by atoms with E-state index in [0.717, 1.165) is 6.42 Å². The van der Waals surface area contributed by atoms with E-state index < -0.39 is 0 Å². The molecule has 0 spiro atoms. The maximum absolute atomic E-state index is 13.3. The van der Waals surface area contributed by atoms with Gasteiger partial charge in [-0.25, -0.2) is 4.39 Å². The first-order valence-electron chi connectivity index (χ1n) is 5.95. The van der Waals surface area contributed by atoms with Crippen molar-refractivity contribution in [2.45, 2.75) is 20.3 Å². The van der Waals surface area contributed by atoms with Gasteiger partial charge in [-0.05, 0) is 34.3 Å². The average molecular weight is 320 g/mol. The number of rotatable bonds is 7. The molecule has 5 heteroatoms. The van der Waals surface area contributed by atoms with Crippen LogP contribution in [0, 0.1) is 11.7 Å². The lowest BCUT2D eigenvalue weighted by Gasteiger charge is -2.10. The quantitative estimate of drug-likeness (QED) is 0.616. The number of hydrogen-bond donors (Lipinski definition) is 1. The minimum atomic E-state index is -0.389. The fourth-order valence-corrected chi connectivity index (χ4v) is 1.66. The monoisotopic (exact) mass is 319 g/mol. The van der Waals surface area contributed by atoms with Crippen LogP contribution >= 0.6 is 15.9 Å². The number of halogens is 2. The van der Waals surface area contributed by atoms with Crippen LogP contribution in [0.2, 0.25) is 0 Å². The van der Waals surface area contributed by atoms with Gasteiger partial charge in [0.15, 0.2) is 0 Å². The lowest BCUT2D eigenvalue weighted by atomic mass is 10.1. The summed E-state index contributed by atoms with van der Waals surface area (Å²) in [5, 5.41) is 0. The Morgan fingerprint density at radius 2 is 2.00 bits per heavy atom. The molecule has 102 valence electrons. The van der Waals surface area contributed by atoms with Gasteiger partial charge in [0.2, 0.25) is 0 Å². The molecule has 0 heterocycles. The maximum atomic E-state index is 13.3. The predicted molar refractivity (Wildman–Crippen MR) is 74.3 cm³/mol. The molecule has 0 bridgehead atoms. The smallest absolute Gasteiger partial charge is 0.145 e. The van der Waals surface area contributed by atoms with Crippen molar-refractivity contribution in [1.29, 1.82) is 0 Å². The van der Waals surface area contributed by atoms with Gasteiger partial charge >= 0.3 is 0 Å². The molecule has 0 atom stereocenters. The number of ether oxygens (including phenoxy) is 2. The first-order chi connectivity index (χ1) is 8.50. The van der Waals surface area contributed by atoms with Crippen molar-refractivity contribution in [1.82, 2.24) is 0 Å². The third-order valence-corrected chi connectivity index (χ3v) is 2.99. The molecule has 1 aromatic carbocycles.